The summed E-state index contributed by atoms with van der Waals surface area (Å²) in [7, 11) is 0. The molecule has 1 saturated carbocycles. The van der Waals surface area contributed by atoms with Crippen LogP contribution >= 0.6 is 0 Å². The minimum Gasteiger partial charge on any atom is -0.271 e. The van der Waals surface area contributed by atoms with Gasteiger partial charge in [0.25, 0.3) is 11.8 Å². The molecule has 1 heterocycles. The van der Waals surface area contributed by atoms with E-state index in [0.717, 1.165) is 60.1 Å². The van der Waals surface area contributed by atoms with Crippen molar-refractivity contribution < 1.29 is 9.59 Å². The van der Waals surface area contributed by atoms with E-state index in [1.54, 1.807) is 4.90 Å². The molecule has 0 N–H and O–H groups in total. The molecule has 1 aliphatic carbocycles. The van der Waals surface area contributed by atoms with Crippen LogP contribution in [0.25, 0.3) is 21.5 Å². The third-order valence-corrected chi connectivity index (χ3v) is 6.69. The zero-order valence-corrected chi connectivity index (χ0v) is 16.1. The molecular weight excluding hydrogens is 334 g/mol. The van der Waals surface area contributed by atoms with Crippen LogP contribution in [0.1, 0.15) is 77.8 Å². The number of imide groups is 1. The summed E-state index contributed by atoms with van der Waals surface area (Å²) in [5.41, 5.74) is 3.99. The van der Waals surface area contributed by atoms with Crippen molar-refractivity contribution in [2.75, 3.05) is 0 Å². The molecule has 4 aromatic rings. The number of rotatable bonds is 3. The zero-order valence-electron chi connectivity index (χ0n) is 16.1. The van der Waals surface area contributed by atoms with Gasteiger partial charge in [-0.05, 0) is 58.4 Å². The Kier molecular flexibility index (Phi) is 3.75. The maximum absolute atomic E-state index is 13.3. The van der Waals surface area contributed by atoms with Crippen LogP contribution in [0.15, 0.2) is 24.3 Å². The van der Waals surface area contributed by atoms with E-state index >= 15 is 0 Å². The Hall–Kier alpha value is -2.42. The van der Waals surface area contributed by atoms with E-state index in [1.165, 1.54) is 17.5 Å². The van der Waals surface area contributed by atoms with Crippen LogP contribution in [0, 0.1) is 0 Å². The average molecular weight is 359 g/mol. The van der Waals surface area contributed by atoms with E-state index in [-0.39, 0.29) is 17.9 Å². The molecule has 0 saturated heterocycles. The first-order chi connectivity index (χ1) is 13.2. The SMILES string of the molecule is CCc1cc2c3ccc(c4c3C(=O)N(C3CCCCC3)C4=O)c2cc1CC. The minimum atomic E-state index is -0.0676. The van der Waals surface area contributed by atoms with Crippen LogP contribution in [0.3, 0.4) is 0 Å². The lowest BCUT2D eigenvalue weighted by molar-refractivity contribution is 0.0550. The summed E-state index contributed by atoms with van der Waals surface area (Å²) in [5, 5.41) is 4.16. The van der Waals surface area contributed by atoms with E-state index < -0.39 is 0 Å². The Bertz CT molecular complexity index is 998. The number of fused-ring (bicyclic) bond motifs is 1. The molecule has 0 unspecified atom stereocenters. The Morgan fingerprint density at radius 3 is 1.70 bits per heavy atom. The van der Waals surface area contributed by atoms with Gasteiger partial charge in [0, 0.05) is 6.04 Å². The lowest BCUT2D eigenvalue weighted by Gasteiger charge is -2.29. The lowest BCUT2D eigenvalue weighted by Crippen LogP contribution is -2.40. The van der Waals surface area contributed by atoms with Gasteiger partial charge in [-0.1, -0.05) is 57.4 Å². The van der Waals surface area contributed by atoms with Gasteiger partial charge in [0.2, 0.25) is 0 Å². The van der Waals surface area contributed by atoms with Crippen LogP contribution < -0.4 is 0 Å². The Balaban J connectivity index is 1.75. The monoisotopic (exact) mass is 359 g/mol. The maximum Gasteiger partial charge on any atom is 0.262 e. The lowest BCUT2D eigenvalue weighted by atomic mass is 9.87. The quantitative estimate of drug-likeness (QED) is 0.580. The van der Waals surface area contributed by atoms with Crippen molar-refractivity contribution in [3.05, 3.63) is 46.5 Å². The van der Waals surface area contributed by atoms with Crippen LogP contribution in [-0.2, 0) is 12.8 Å². The summed E-state index contributed by atoms with van der Waals surface area (Å²) in [5.74, 6) is -0.135. The first-order valence-electron chi connectivity index (χ1n) is 10.4. The number of hydrogen-bond donors (Lipinski definition) is 0. The average Bonchev–Trinajstić information content (AvgIpc) is 3.00. The molecule has 0 radical (unpaired) electrons. The third-order valence-electron chi connectivity index (χ3n) is 6.69. The van der Waals surface area contributed by atoms with E-state index in [9.17, 15) is 9.59 Å². The first kappa shape index (κ1) is 16.7. The Morgan fingerprint density at radius 1 is 0.778 bits per heavy atom. The van der Waals surface area contributed by atoms with Crippen molar-refractivity contribution in [2.24, 2.45) is 0 Å². The molecule has 27 heavy (non-hydrogen) atoms. The molecule has 1 aliphatic heterocycles. The van der Waals surface area contributed by atoms with E-state index in [0.29, 0.717) is 11.1 Å². The molecule has 2 aliphatic rings. The van der Waals surface area contributed by atoms with Gasteiger partial charge in [0.1, 0.15) is 0 Å². The van der Waals surface area contributed by atoms with Crippen LogP contribution in [0.5, 0.6) is 0 Å². The second-order valence-electron chi connectivity index (χ2n) is 8.06. The maximum atomic E-state index is 13.3. The fraction of sp³-hybridized carbons (Fsp3) is 0.417. The van der Waals surface area contributed by atoms with E-state index in [4.69, 9.17) is 0 Å². The summed E-state index contributed by atoms with van der Waals surface area (Å²) in [6.45, 7) is 4.35. The normalized spacial score (nSPS) is 18.2. The van der Waals surface area contributed by atoms with Gasteiger partial charge < -0.3 is 0 Å². The fourth-order valence-corrected chi connectivity index (χ4v) is 5.29. The van der Waals surface area contributed by atoms with Crippen LogP contribution in [0.4, 0.5) is 0 Å². The zero-order chi connectivity index (χ0) is 18.7. The second-order valence-corrected chi connectivity index (χ2v) is 8.06. The number of nitrogens with zero attached hydrogens (tertiary/aromatic N) is 1. The fourth-order valence-electron chi connectivity index (χ4n) is 5.29. The highest BCUT2D eigenvalue weighted by Gasteiger charge is 2.43. The number of carbonyl (C=O) groups is 2. The van der Waals surface area contributed by atoms with Crippen LogP contribution in [-0.4, -0.2) is 22.8 Å². The number of carbonyl (C=O) groups excluding carboxylic acids is 2. The largest absolute Gasteiger partial charge is 0.271 e. The molecule has 3 heteroatoms. The molecule has 0 aromatic heterocycles. The van der Waals surface area contributed by atoms with E-state index in [1.807, 2.05) is 12.1 Å². The molecule has 2 amide bonds. The van der Waals surface area contributed by atoms with Gasteiger partial charge >= 0.3 is 0 Å². The van der Waals surface area contributed by atoms with Gasteiger partial charge in [0.05, 0.1) is 11.1 Å². The highest BCUT2D eigenvalue weighted by atomic mass is 16.2. The van der Waals surface area contributed by atoms with Gasteiger partial charge in [-0.2, -0.15) is 0 Å². The van der Waals surface area contributed by atoms with Crippen molar-refractivity contribution in [1.82, 2.24) is 4.90 Å². The predicted molar refractivity (Wildman–Crippen MR) is 109 cm³/mol. The highest BCUT2D eigenvalue weighted by Crippen LogP contribution is 2.42. The number of amides is 2. The smallest absolute Gasteiger partial charge is 0.262 e. The van der Waals surface area contributed by atoms with E-state index in [2.05, 4.69) is 26.0 Å². The summed E-state index contributed by atoms with van der Waals surface area (Å²) < 4.78 is 0. The molecule has 1 fully saturated rings. The standard InChI is InChI=1S/C24H25NO2/c1-3-14-12-19-17-10-11-18(20(19)13-15(14)4-2)22-21(17)23(26)25(24(22)27)16-8-6-5-7-9-16/h10-13,16H,3-9H2,1-2H3. The first-order valence-corrected chi connectivity index (χ1v) is 10.4. The second kappa shape index (κ2) is 6.05. The minimum absolute atomic E-state index is 0.0676. The summed E-state index contributed by atoms with van der Waals surface area (Å²) in [4.78, 5) is 28.2. The molecule has 2 bridgehead atoms. The molecule has 4 aromatic carbocycles. The molecule has 0 spiro atoms. The van der Waals surface area contributed by atoms with Gasteiger partial charge in [-0.15, -0.1) is 0 Å². The van der Waals surface area contributed by atoms with Crippen molar-refractivity contribution in [3.63, 3.8) is 0 Å². The van der Waals surface area contributed by atoms with Gasteiger partial charge in [-0.25, -0.2) is 0 Å². The van der Waals surface area contributed by atoms with Crippen LogP contribution in [0.2, 0.25) is 0 Å². The van der Waals surface area contributed by atoms with Crippen molar-refractivity contribution in [3.8, 4) is 0 Å². The molecule has 3 nitrogen and oxygen atoms in total. The summed E-state index contributed by atoms with van der Waals surface area (Å²) >= 11 is 0. The highest BCUT2D eigenvalue weighted by molar-refractivity contribution is 6.34. The van der Waals surface area contributed by atoms with Gasteiger partial charge in [-0.3, -0.25) is 14.5 Å². The summed E-state index contributed by atoms with van der Waals surface area (Å²) in [6.07, 6.45) is 7.29. The predicted octanol–water partition coefficient (Wildman–Crippen LogP) is 5.48. The van der Waals surface area contributed by atoms with Crippen molar-refractivity contribution in [2.45, 2.75) is 64.8 Å². The topological polar surface area (TPSA) is 37.4 Å². The Labute approximate surface area is 159 Å². The summed E-state index contributed by atoms with van der Waals surface area (Å²) in [6, 6.07) is 8.65. The van der Waals surface area contributed by atoms with Crippen molar-refractivity contribution in [1.29, 1.82) is 0 Å². The van der Waals surface area contributed by atoms with Crippen molar-refractivity contribution >= 4 is 33.4 Å². The number of benzene rings is 4. The third kappa shape index (κ3) is 2.20. The molecule has 0 atom stereocenters. The molecular formula is C24H25NO2. The molecule has 6 rings (SSSR count). The number of aryl methyl sites for hydroxylation is 2. The Morgan fingerprint density at radius 2 is 1.26 bits per heavy atom. The molecule has 138 valence electrons. The van der Waals surface area contributed by atoms with Gasteiger partial charge in [0.15, 0.2) is 0 Å². The number of hydrogen-bond acceptors (Lipinski definition) is 2.